The zero-order valence-electron chi connectivity index (χ0n) is 12.3. The molecule has 0 aliphatic rings. The summed E-state index contributed by atoms with van der Waals surface area (Å²) in [5.41, 5.74) is 3.77. The third-order valence-corrected chi connectivity index (χ3v) is 3.94. The van der Waals surface area contributed by atoms with Crippen LogP contribution in [0.15, 0.2) is 66.9 Å². The first-order valence-electron chi connectivity index (χ1n) is 7.43. The summed E-state index contributed by atoms with van der Waals surface area (Å²) < 4.78 is 0. The lowest BCUT2D eigenvalue weighted by Crippen LogP contribution is -2.17. The molecule has 1 N–H and O–H groups in total. The molecule has 3 aromatic rings. The number of fused-ring (bicyclic) bond motifs is 1. The SMILES string of the molecule is CNC(CCc1ccc2cccnc2c1)c1ccccc1. The zero-order valence-corrected chi connectivity index (χ0v) is 12.3. The maximum Gasteiger partial charge on any atom is 0.0704 e. The van der Waals surface area contributed by atoms with Gasteiger partial charge in [-0.15, -0.1) is 0 Å². The molecule has 0 aliphatic carbocycles. The number of rotatable bonds is 5. The highest BCUT2D eigenvalue weighted by molar-refractivity contribution is 5.78. The Kier molecular flexibility index (Phi) is 4.27. The summed E-state index contributed by atoms with van der Waals surface area (Å²) in [6.45, 7) is 0. The average molecular weight is 276 g/mol. The number of pyridine rings is 1. The molecule has 2 heteroatoms. The Morgan fingerprint density at radius 2 is 1.86 bits per heavy atom. The van der Waals surface area contributed by atoms with Crippen LogP contribution in [-0.4, -0.2) is 12.0 Å². The van der Waals surface area contributed by atoms with Crippen LogP contribution in [0.1, 0.15) is 23.6 Å². The van der Waals surface area contributed by atoms with Crippen molar-refractivity contribution in [3.05, 3.63) is 78.0 Å². The van der Waals surface area contributed by atoms with Crippen LogP contribution in [0.3, 0.4) is 0 Å². The van der Waals surface area contributed by atoms with Crippen molar-refractivity contribution in [2.24, 2.45) is 0 Å². The highest BCUT2D eigenvalue weighted by atomic mass is 14.9. The van der Waals surface area contributed by atoms with Crippen molar-refractivity contribution in [1.82, 2.24) is 10.3 Å². The van der Waals surface area contributed by atoms with Crippen LogP contribution < -0.4 is 5.32 Å². The standard InChI is InChI=1S/C19H20N2/c1-20-18(16-6-3-2-4-7-16)12-10-15-9-11-17-8-5-13-21-19(17)14-15/h2-9,11,13-14,18,20H,10,12H2,1H3. The molecule has 21 heavy (non-hydrogen) atoms. The summed E-state index contributed by atoms with van der Waals surface area (Å²) in [5.74, 6) is 0. The minimum atomic E-state index is 0.394. The molecule has 1 atom stereocenters. The molecule has 0 spiro atoms. The topological polar surface area (TPSA) is 24.9 Å². The number of aromatic nitrogens is 1. The van der Waals surface area contributed by atoms with Gasteiger partial charge in [-0.2, -0.15) is 0 Å². The third-order valence-electron chi connectivity index (χ3n) is 3.94. The van der Waals surface area contributed by atoms with Crippen LogP contribution in [0.4, 0.5) is 0 Å². The normalized spacial score (nSPS) is 12.4. The quantitative estimate of drug-likeness (QED) is 0.758. The fraction of sp³-hybridized carbons (Fsp3) is 0.211. The Hall–Kier alpha value is -2.19. The molecule has 0 amide bonds. The number of aryl methyl sites for hydroxylation is 1. The lowest BCUT2D eigenvalue weighted by Gasteiger charge is -2.16. The van der Waals surface area contributed by atoms with Gasteiger partial charge in [0.1, 0.15) is 0 Å². The lowest BCUT2D eigenvalue weighted by molar-refractivity contribution is 0.549. The van der Waals surface area contributed by atoms with Crippen molar-refractivity contribution in [2.75, 3.05) is 7.05 Å². The average Bonchev–Trinajstić information content (AvgIpc) is 2.56. The van der Waals surface area contributed by atoms with Crippen LogP contribution in [-0.2, 0) is 6.42 Å². The van der Waals surface area contributed by atoms with E-state index in [2.05, 4.69) is 64.9 Å². The van der Waals surface area contributed by atoms with Gasteiger partial charge in [0, 0.05) is 17.6 Å². The van der Waals surface area contributed by atoms with E-state index < -0.39 is 0 Å². The third kappa shape index (κ3) is 3.29. The highest BCUT2D eigenvalue weighted by Gasteiger charge is 2.08. The van der Waals surface area contributed by atoms with E-state index in [-0.39, 0.29) is 0 Å². The first-order chi connectivity index (χ1) is 10.4. The Labute approximate surface area is 125 Å². The van der Waals surface area contributed by atoms with Gasteiger partial charge < -0.3 is 5.32 Å². The molecule has 1 heterocycles. The van der Waals surface area contributed by atoms with Crippen molar-refractivity contribution in [3.63, 3.8) is 0 Å². The molecule has 0 saturated heterocycles. The molecule has 1 unspecified atom stereocenters. The van der Waals surface area contributed by atoms with Crippen LogP contribution in [0.25, 0.3) is 10.9 Å². The number of nitrogens with zero attached hydrogens (tertiary/aromatic N) is 1. The minimum Gasteiger partial charge on any atom is -0.313 e. The van der Waals surface area contributed by atoms with Crippen molar-refractivity contribution in [2.45, 2.75) is 18.9 Å². The van der Waals surface area contributed by atoms with Gasteiger partial charge in [-0.25, -0.2) is 0 Å². The summed E-state index contributed by atoms with van der Waals surface area (Å²) in [4.78, 5) is 4.43. The second-order valence-electron chi connectivity index (χ2n) is 5.32. The van der Waals surface area contributed by atoms with E-state index in [4.69, 9.17) is 0 Å². The molecule has 3 rings (SSSR count). The second-order valence-corrected chi connectivity index (χ2v) is 5.32. The second kappa shape index (κ2) is 6.51. The molecule has 1 aromatic heterocycles. The molecule has 106 valence electrons. The summed E-state index contributed by atoms with van der Waals surface area (Å²) in [5, 5.41) is 4.61. The van der Waals surface area contributed by atoms with E-state index in [0.29, 0.717) is 6.04 Å². The van der Waals surface area contributed by atoms with Gasteiger partial charge in [0.05, 0.1) is 5.52 Å². The minimum absolute atomic E-state index is 0.394. The fourth-order valence-electron chi connectivity index (χ4n) is 2.74. The summed E-state index contributed by atoms with van der Waals surface area (Å²) >= 11 is 0. The van der Waals surface area contributed by atoms with Crippen LogP contribution in [0, 0.1) is 0 Å². The Balaban J connectivity index is 1.73. The first kappa shape index (κ1) is 13.8. The molecule has 2 nitrogen and oxygen atoms in total. The number of nitrogens with one attached hydrogen (secondary N) is 1. The van der Waals surface area contributed by atoms with E-state index in [1.807, 2.05) is 19.3 Å². The fourth-order valence-corrected chi connectivity index (χ4v) is 2.74. The van der Waals surface area contributed by atoms with Crippen molar-refractivity contribution < 1.29 is 0 Å². The van der Waals surface area contributed by atoms with E-state index in [9.17, 15) is 0 Å². The highest BCUT2D eigenvalue weighted by Crippen LogP contribution is 2.20. The van der Waals surface area contributed by atoms with Crippen LogP contribution >= 0.6 is 0 Å². The predicted molar refractivity (Wildman–Crippen MR) is 88.3 cm³/mol. The molecule has 0 aliphatic heterocycles. The van der Waals surface area contributed by atoms with Gasteiger partial charge in [-0.1, -0.05) is 48.5 Å². The van der Waals surface area contributed by atoms with Gasteiger partial charge >= 0.3 is 0 Å². The summed E-state index contributed by atoms with van der Waals surface area (Å²) in [6, 6.07) is 21.7. The first-order valence-corrected chi connectivity index (χ1v) is 7.43. The van der Waals surface area contributed by atoms with E-state index in [1.165, 1.54) is 16.5 Å². The predicted octanol–water partition coefficient (Wildman–Crippen LogP) is 4.13. The van der Waals surface area contributed by atoms with Gasteiger partial charge in [0.25, 0.3) is 0 Å². The Morgan fingerprint density at radius 3 is 2.67 bits per heavy atom. The van der Waals surface area contributed by atoms with Gasteiger partial charge in [0.15, 0.2) is 0 Å². The largest absolute Gasteiger partial charge is 0.313 e. The number of benzene rings is 2. The van der Waals surface area contributed by atoms with Gasteiger partial charge in [-0.3, -0.25) is 4.98 Å². The number of hydrogen-bond donors (Lipinski definition) is 1. The Morgan fingerprint density at radius 1 is 1.00 bits per heavy atom. The molecule has 0 saturated carbocycles. The maximum atomic E-state index is 4.43. The van der Waals surface area contributed by atoms with Gasteiger partial charge in [-0.05, 0) is 43.1 Å². The van der Waals surface area contributed by atoms with Crippen molar-refractivity contribution in [3.8, 4) is 0 Å². The van der Waals surface area contributed by atoms with Crippen LogP contribution in [0.5, 0.6) is 0 Å². The van der Waals surface area contributed by atoms with E-state index >= 15 is 0 Å². The molecular formula is C19H20N2. The lowest BCUT2D eigenvalue weighted by atomic mass is 9.98. The molecular weight excluding hydrogens is 256 g/mol. The molecule has 0 fully saturated rings. The Bertz CT molecular complexity index is 707. The smallest absolute Gasteiger partial charge is 0.0704 e. The van der Waals surface area contributed by atoms with Crippen molar-refractivity contribution in [1.29, 1.82) is 0 Å². The summed E-state index contributed by atoms with van der Waals surface area (Å²) in [7, 11) is 2.03. The maximum absolute atomic E-state index is 4.43. The molecule has 0 bridgehead atoms. The van der Waals surface area contributed by atoms with E-state index in [1.54, 1.807) is 0 Å². The molecule has 2 aromatic carbocycles. The number of hydrogen-bond acceptors (Lipinski definition) is 2. The monoisotopic (exact) mass is 276 g/mol. The van der Waals surface area contributed by atoms with Crippen molar-refractivity contribution >= 4 is 10.9 Å². The summed E-state index contributed by atoms with van der Waals surface area (Å²) in [6.07, 6.45) is 3.98. The van der Waals surface area contributed by atoms with Crippen LogP contribution in [0.2, 0.25) is 0 Å². The zero-order chi connectivity index (χ0) is 14.5. The van der Waals surface area contributed by atoms with E-state index in [0.717, 1.165) is 18.4 Å². The van der Waals surface area contributed by atoms with Gasteiger partial charge in [0.2, 0.25) is 0 Å². The molecule has 0 radical (unpaired) electrons.